The maximum atomic E-state index is 12.3. The van der Waals surface area contributed by atoms with E-state index < -0.39 is 11.1 Å². The molecule has 0 fully saturated rings. The monoisotopic (exact) mass is 322 g/mol. The third-order valence-electron chi connectivity index (χ3n) is 3.81. The lowest BCUT2D eigenvalue weighted by Crippen LogP contribution is -2.40. The van der Waals surface area contributed by atoms with Crippen molar-refractivity contribution >= 4 is 0 Å². The van der Waals surface area contributed by atoms with Crippen molar-refractivity contribution in [3.8, 4) is 5.75 Å². The zero-order valence-electron chi connectivity index (χ0n) is 13.4. The highest BCUT2D eigenvalue weighted by Crippen LogP contribution is 2.12. The van der Waals surface area contributed by atoms with Crippen LogP contribution >= 0.6 is 0 Å². The molecule has 0 saturated carbocycles. The lowest BCUT2D eigenvalue weighted by molar-refractivity contribution is 0.414. The summed E-state index contributed by atoms with van der Waals surface area (Å²) in [5.74, 6) is 0.720. The van der Waals surface area contributed by atoms with Crippen molar-refractivity contribution in [1.29, 1.82) is 0 Å². The molecule has 0 N–H and O–H groups in total. The molecule has 5 nitrogen and oxygen atoms in total. The molecule has 0 amide bonds. The second kappa shape index (κ2) is 7.00. The lowest BCUT2D eigenvalue weighted by atomic mass is 10.2. The first-order valence-corrected chi connectivity index (χ1v) is 7.64. The van der Waals surface area contributed by atoms with Gasteiger partial charge in [0.25, 0.3) is 0 Å². The average molecular weight is 322 g/mol. The van der Waals surface area contributed by atoms with Crippen LogP contribution in [0, 0.1) is 0 Å². The van der Waals surface area contributed by atoms with E-state index >= 15 is 0 Å². The summed E-state index contributed by atoms with van der Waals surface area (Å²) in [5, 5.41) is 0. The van der Waals surface area contributed by atoms with Crippen LogP contribution in [-0.4, -0.2) is 16.2 Å². The van der Waals surface area contributed by atoms with Gasteiger partial charge in [-0.1, -0.05) is 42.5 Å². The molecule has 0 aliphatic carbocycles. The molecule has 0 spiro atoms. The molecule has 0 radical (unpaired) electrons. The molecule has 122 valence electrons. The number of hydrogen-bond acceptors (Lipinski definition) is 3. The molecule has 0 aliphatic heterocycles. The van der Waals surface area contributed by atoms with Crippen molar-refractivity contribution in [2.45, 2.75) is 13.1 Å². The number of methoxy groups -OCH3 is 1. The summed E-state index contributed by atoms with van der Waals surface area (Å²) in [4.78, 5) is 24.6. The normalized spacial score (nSPS) is 10.5. The van der Waals surface area contributed by atoms with Crippen LogP contribution in [0.1, 0.15) is 11.1 Å². The maximum absolute atomic E-state index is 12.3. The van der Waals surface area contributed by atoms with Crippen LogP contribution in [0.5, 0.6) is 5.75 Å². The van der Waals surface area contributed by atoms with Crippen LogP contribution in [0.2, 0.25) is 0 Å². The molecular formula is C19H18N2O3. The van der Waals surface area contributed by atoms with Crippen LogP contribution in [0.15, 0.2) is 76.6 Å². The van der Waals surface area contributed by atoms with Crippen LogP contribution in [0.4, 0.5) is 0 Å². The highest BCUT2D eigenvalue weighted by Gasteiger charge is 2.06. The van der Waals surface area contributed by atoms with E-state index in [2.05, 4.69) is 0 Å². The van der Waals surface area contributed by atoms with Gasteiger partial charge in [0, 0.05) is 12.4 Å². The Morgan fingerprint density at radius 2 is 1.38 bits per heavy atom. The fraction of sp³-hybridized carbons (Fsp3) is 0.158. The number of rotatable bonds is 5. The second-order valence-electron chi connectivity index (χ2n) is 5.50. The molecule has 0 atom stereocenters. The first-order chi connectivity index (χ1) is 11.7. The Bertz CT molecular complexity index is 943. The molecule has 5 heteroatoms. The maximum Gasteiger partial charge on any atom is 0.316 e. The van der Waals surface area contributed by atoms with Crippen LogP contribution in [-0.2, 0) is 13.1 Å². The van der Waals surface area contributed by atoms with Gasteiger partial charge in [0.2, 0.25) is 0 Å². The Kier molecular flexibility index (Phi) is 4.61. The van der Waals surface area contributed by atoms with Gasteiger partial charge in [-0.25, -0.2) is 0 Å². The van der Waals surface area contributed by atoms with Crippen LogP contribution in [0.3, 0.4) is 0 Å². The quantitative estimate of drug-likeness (QED) is 0.676. The molecule has 0 saturated heterocycles. The third-order valence-corrected chi connectivity index (χ3v) is 3.81. The molecule has 1 heterocycles. The largest absolute Gasteiger partial charge is 0.497 e. The van der Waals surface area contributed by atoms with Crippen LogP contribution in [0.25, 0.3) is 0 Å². The second-order valence-corrected chi connectivity index (χ2v) is 5.50. The van der Waals surface area contributed by atoms with Gasteiger partial charge in [-0.15, -0.1) is 0 Å². The molecule has 0 bridgehead atoms. The smallest absolute Gasteiger partial charge is 0.316 e. The Morgan fingerprint density at radius 1 is 0.792 bits per heavy atom. The van der Waals surface area contributed by atoms with Crippen molar-refractivity contribution < 1.29 is 4.74 Å². The summed E-state index contributed by atoms with van der Waals surface area (Å²) in [5.41, 5.74) is 0.821. The fourth-order valence-corrected chi connectivity index (χ4v) is 2.54. The van der Waals surface area contributed by atoms with Crippen molar-refractivity contribution in [1.82, 2.24) is 9.13 Å². The number of benzene rings is 2. The van der Waals surface area contributed by atoms with Gasteiger partial charge in [0.1, 0.15) is 5.75 Å². The topological polar surface area (TPSA) is 53.2 Å². The summed E-state index contributed by atoms with van der Waals surface area (Å²) in [6.07, 6.45) is 3.29. The zero-order chi connectivity index (χ0) is 16.9. The van der Waals surface area contributed by atoms with Gasteiger partial charge in [-0.3, -0.25) is 9.59 Å². The average Bonchev–Trinajstić information content (AvgIpc) is 2.62. The van der Waals surface area contributed by atoms with Gasteiger partial charge in [-0.2, -0.15) is 0 Å². The number of nitrogens with zero attached hydrogens (tertiary/aromatic N) is 2. The van der Waals surface area contributed by atoms with E-state index in [1.165, 1.54) is 9.13 Å². The van der Waals surface area contributed by atoms with E-state index in [-0.39, 0.29) is 0 Å². The molecule has 1 aromatic heterocycles. The van der Waals surface area contributed by atoms with E-state index in [1.54, 1.807) is 19.5 Å². The molecule has 0 unspecified atom stereocenters. The summed E-state index contributed by atoms with van der Waals surface area (Å²) in [6, 6.07) is 17.0. The van der Waals surface area contributed by atoms with Gasteiger partial charge >= 0.3 is 11.1 Å². The Morgan fingerprint density at radius 3 is 2.00 bits per heavy atom. The molecule has 3 aromatic rings. The summed E-state index contributed by atoms with van der Waals surface area (Å²) in [7, 11) is 1.59. The predicted octanol–water partition coefficient (Wildman–Crippen LogP) is 2.12. The van der Waals surface area contributed by atoms with Crippen molar-refractivity contribution in [3.05, 3.63) is 98.8 Å². The summed E-state index contributed by atoms with van der Waals surface area (Å²) >= 11 is 0. The standard InChI is InChI=1S/C19H18N2O3/c1-24-17-9-5-8-16(12-17)14-21-11-10-20(18(22)19(21)23)13-15-6-3-2-4-7-15/h2-12H,13-14H2,1H3. The highest BCUT2D eigenvalue weighted by atomic mass is 16.5. The van der Waals surface area contributed by atoms with Gasteiger partial charge < -0.3 is 13.9 Å². The Balaban J connectivity index is 1.87. The minimum Gasteiger partial charge on any atom is -0.497 e. The van der Waals surface area contributed by atoms with E-state index in [1.807, 2.05) is 54.6 Å². The Hall–Kier alpha value is -3.08. The minimum atomic E-state index is -0.531. The first kappa shape index (κ1) is 15.8. The minimum absolute atomic E-state index is 0.331. The van der Waals surface area contributed by atoms with Crippen molar-refractivity contribution in [2.24, 2.45) is 0 Å². The van der Waals surface area contributed by atoms with E-state index in [0.717, 1.165) is 16.9 Å². The molecule has 2 aromatic carbocycles. The van der Waals surface area contributed by atoms with Gasteiger partial charge in [-0.05, 0) is 23.3 Å². The molecular weight excluding hydrogens is 304 g/mol. The Labute approximate surface area is 139 Å². The van der Waals surface area contributed by atoms with E-state index in [0.29, 0.717) is 13.1 Å². The molecule has 3 rings (SSSR count). The summed E-state index contributed by atoms with van der Waals surface area (Å²) < 4.78 is 8.02. The van der Waals surface area contributed by atoms with Crippen molar-refractivity contribution in [3.63, 3.8) is 0 Å². The highest BCUT2D eigenvalue weighted by molar-refractivity contribution is 5.28. The first-order valence-electron chi connectivity index (χ1n) is 7.64. The SMILES string of the molecule is COc1cccc(Cn2ccn(Cc3ccccc3)c(=O)c2=O)c1. The van der Waals surface area contributed by atoms with Crippen LogP contribution < -0.4 is 15.9 Å². The third kappa shape index (κ3) is 3.46. The van der Waals surface area contributed by atoms with Gasteiger partial charge in [0.15, 0.2) is 0 Å². The number of ether oxygens (including phenoxy) is 1. The number of aromatic nitrogens is 2. The van der Waals surface area contributed by atoms with E-state index in [9.17, 15) is 9.59 Å². The van der Waals surface area contributed by atoms with E-state index in [4.69, 9.17) is 4.74 Å². The van der Waals surface area contributed by atoms with Gasteiger partial charge in [0.05, 0.1) is 20.2 Å². The lowest BCUT2D eigenvalue weighted by Gasteiger charge is -2.10. The molecule has 0 aliphatic rings. The van der Waals surface area contributed by atoms with Crippen molar-refractivity contribution in [2.75, 3.05) is 7.11 Å². The predicted molar refractivity (Wildman–Crippen MR) is 92.6 cm³/mol. The molecule has 24 heavy (non-hydrogen) atoms. The summed E-state index contributed by atoms with van der Waals surface area (Å²) in [6.45, 7) is 0.715. The number of hydrogen-bond donors (Lipinski definition) is 0. The zero-order valence-corrected chi connectivity index (χ0v) is 13.4. The fourth-order valence-electron chi connectivity index (χ4n) is 2.54.